The molecule has 1 aromatic heterocycles. The lowest BCUT2D eigenvalue weighted by molar-refractivity contribution is 0.111. The molecule has 2 nitrogen and oxygen atoms in total. The van der Waals surface area contributed by atoms with Crippen molar-refractivity contribution in [1.82, 2.24) is 4.98 Å². The first-order chi connectivity index (χ1) is 6.60. The maximum Gasteiger partial charge on any atom is 0.280 e. The molecule has 14 heavy (non-hydrogen) atoms. The number of hydrogen-bond donors (Lipinski definition) is 0. The Hall–Kier alpha value is -0.840. The topological polar surface area (TPSA) is 30.0 Å². The molecule has 1 rings (SSSR count). The minimum absolute atomic E-state index is 0.0807. The minimum atomic E-state index is -2.64. The summed E-state index contributed by atoms with van der Waals surface area (Å²) in [6.45, 7) is 1.68. The predicted octanol–water partition coefficient (Wildman–Crippen LogP) is 3.04. The largest absolute Gasteiger partial charge is 0.296 e. The summed E-state index contributed by atoms with van der Waals surface area (Å²) >= 11 is 3.18. The van der Waals surface area contributed by atoms with Crippen LogP contribution < -0.4 is 0 Å². The molecule has 1 heterocycles. The van der Waals surface area contributed by atoms with Gasteiger partial charge in [0.15, 0.2) is 6.29 Å². The second-order valence-electron chi connectivity index (χ2n) is 2.78. The van der Waals surface area contributed by atoms with Gasteiger partial charge in [-0.3, -0.25) is 4.79 Å². The molecule has 1 aromatic rings. The number of pyridine rings is 1. The summed E-state index contributed by atoms with van der Waals surface area (Å²) in [4.78, 5) is 14.2. The predicted molar refractivity (Wildman–Crippen MR) is 51.9 cm³/mol. The highest BCUT2D eigenvalue weighted by molar-refractivity contribution is 9.08. The van der Waals surface area contributed by atoms with Gasteiger partial charge < -0.3 is 0 Å². The van der Waals surface area contributed by atoms with Crippen LogP contribution in [0.2, 0.25) is 0 Å². The lowest BCUT2D eigenvalue weighted by atomic mass is 10.1. The van der Waals surface area contributed by atoms with Crippen molar-refractivity contribution in [3.63, 3.8) is 0 Å². The van der Waals surface area contributed by atoms with E-state index >= 15 is 0 Å². The molecule has 5 heteroatoms. The lowest BCUT2D eigenvalue weighted by Gasteiger charge is -2.07. The average Bonchev–Trinajstić information content (AvgIpc) is 2.16. The highest BCUT2D eigenvalue weighted by Crippen LogP contribution is 2.22. The zero-order valence-corrected chi connectivity index (χ0v) is 9.01. The number of halogens is 3. The van der Waals surface area contributed by atoms with Gasteiger partial charge >= 0.3 is 0 Å². The molecule has 0 bridgehead atoms. The molecule has 0 saturated heterocycles. The van der Waals surface area contributed by atoms with Gasteiger partial charge in [0.25, 0.3) is 6.43 Å². The van der Waals surface area contributed by atoms with E-state index in [2.05, 4.69) is 20.9 Å². The molecule has 0 radical (unpaired) electrons. The summed E-state index contributed by atoms with van der Waals surface area (Å²) in [6, 6.07) is 1.30. The second kappa shape index (κ2) is 4.59. The van der Waals surface area contributed by atoms with Gasteiger partial charge in [-0.15, -0.1) is 0 Å². The number of aryl methyl sites for hydroxylation is 1. The number of hydrogen-bond acceptors (Lipinski definition) is 2. The molecule has 76 valence electrons. The normalized spacial score (nSPS) is 10.6. The Labute approximate surface area is 88.5 Å². The standard InChI is InChI=1S/C9H8BrF2NO/c1-5-2-7(9(11)12)13-8(4-14)6(5)3-10/h2,4,9H,3H2,1H3. The molecule has 0 fully saturated rings. The van der Waals surface area contributed by atoms with Gasteiger partial charge in [0.05, 0.1) is 0 Å². The maximum atomic E-state index is 12.3. The van der Waals surface area contributed by atoms with Crippen LogP contribution in [0.1, 0.15) is 33.7 Å². The van der Waals surface area contributed by atoms with E-state index in [0.717, 1.165) is 0 Å². The Kier molecular flexibility index (Phi) is 3.69. The third-order valence-corrected chi connectivity index (χ3v) is 2.43. The summed E-state index contributed by atoms with van der Waals surface area (Å²) in [6.07, 6.45) is -2.15. The molecule has 0 atom stereocenters. The molecule has 0 N–H and O–H groups in total. The van der Waals surface area contributed by atoms with Gasteiger partial charge in [0.2, 0.25) is 0 Å². The zero-order valence-electron chi connectivity index (χ0n) is 7.43. The Morgan fingerprint density at radius 2 is 2.29 bits per heavy atom. The van der Waals surface area contributed by atoms with Crippen LogP contribution in [-0.4, -0.2) is 11.3 Å². The van der Waals surface area contributed by atoms with Crippen LogP contribution in [0.15, 0.2) is 6.07 Å². The Morgan fingerprint density at radius 3 is 2.71 bits per heavy atom. The molecule has 0 amide bonds. The van der Waals surface area contributed by atoms with E-state index in [9.17, 15) is 13.6 Å². The molecule has 0 unspecified atom stereocenters. The molecule has 0 aliphatic heterocycles. The quantitative estimate of drug-likeness (QED) is 0.620. The number of carbonyl (C=O) groups excluding carboxylic acids is 1. The fourth-order valence-electron chi connectivity index (χ4n) is 1.13. The molecule has 0 aliphatic carbocycles. The van der Waals surface area contributed by atoms with Crippen LogP contribution in [0.5, 0.6) is 0 Å². The Morgan fingerprint density at radius 1 is 1.64 bits per heavy atom. The molecular formula is C9H8BrF2NO. The van der Waals surface area contributed by atoms with Crippen molar-refractivity contribution in [3.8, 4) is 0 Å². The number of aldehydes is 1. The number of alkyl halides is 3. The van der Waals surface area contributed by atoms with Gasteiger partial charge in [0, 0.05) is 5.33 Å². The number of nitrogens with zero attached hydrogens (tertiary/aromatic N) is 1. The first-order valence-electron chi connectivity index (χ1n) is 3.89. The summed E-state index contributed by atoms with van der Waals surface area (Å²) in [5.74, 6) is 0. The van der Waals surface area contributed by atoms with Crippen LogP contribution in [0.3, 0.4) is 0 Å². The van der Waals surface area contributed by atoms with Crippen molar-refractivity contribution < 1.29 is 13.6 Å². The highest BCUT2D eigenvalue weighted by Gasteiger charge is 2.14. The molecule has 0 spiro atoms. The van der Waals surface area contributed by atoms with E-state index in [-0.39, 0.29) is 11.4 Å². The van der Waals surface area contributed by atoms with Crippen molar-refractivity contribution in [2.24, 2.45) is 0 Å². The van der Waals surface area contributed by atoms with Crippen LogP contribution >= 0.6 is 15.9 Å². The van der Waals surface area contributed by atoms with Crippen molar-refractivity contribution in [3.05, 3.63) is 28.6 Å². The molecule has 0 saturated carbocycles. The summed E-state index contributed by atoms with van der Waals surface area (Å²) < 4.78 is 24.6. The van der Waals surface area contributed by atoms with Gasteiger partial charge in [-0.1, -0.05) is 15.9 Å². The van der Waals surface area contributed by atoms with E-state index in [1.807, 2.05) is 0 Å². The average molecular weight is 264 g/mol. The van der Waals surface area contributed by atoms with Gasteiger partial charge in [-0.2, -0.15) is 0 Å². The number of carbonyl (C=O) groups is 1. The van der Waals surface area contributed by atoms with Crippen molar-refractivity contribution in [2.45, 2.75) is 18.7 Å². The van der Waals surface area contributed by atoms with E-state index in [1.54, 1.807) is 6.92 Å². The Bertz CT molecular complexity index is 355. The van der Waals surface area contributed by atoms with Crippen LogP contribution in [0, 0.1) is 6.92 Å². The van der Waals surface area contributed by atoms with Crippen molar-refractivity contribution in [2.75, 3.05) is 0 Å². The van der Waals surface area contributed by atoms with Crippen LogP contribution in [0.25, 0.3) is 0 Å². The van der Waals surface area contributed by atoms with Gasteiger partial charge in [-0.25, -0.2) is 13.8 Å². The molecular weight excluding hydrogens is 256 g/mol. The Balaban J connectivity index is 3.31. The lowest BCUT2D eigenvalue weighted by Crippen LogP contribution is -2.02. The van der Waals surface area contributed by atoms with E-state index in [1.165, 1.54) is 6.07 Å². The van der Waals surface area contributed by atoms with Gasteiger partial charge in [-0.05, 0) is 24.1 Å². The monoisotopic (exact) mass is 263 g/mol. The highest BCUT2D eigenvalue weighted by atomic mass is 79.9. The molecule has 0 aliphatic rings. The SMILES string of the molecule is Cc1cc(C(F)F)nc(C=O)c1CBr. The van der Waals surface area contributed by atoms with E-state index in [4.69, 9.17) is 0 Å². The summed E-state index contributed by atoms with van der Waals surface area (Å²) in [5.41, 5.74) is 1.03. The fourth-order valence-corrected chi connectivity index (χ4v) is 1.86. The first-order valence-corrected chi connectivity index (χ1v) is 5.02. The maximum absolute atomic E-state index is 12.3. The second-order valence-corrected chi connectivity index (χ2v) is 3.34. The number of rotatable bonds is 3. The summed E-state index contributed by atoms with van der Waals surface area (Å²) in [5, 5.41) is 0.434. The third-order valence-electron chi connectivity index (χ3n) is 1.87. The van der Waals surface area contributed by atoms with E-state index < -0.39 is 6.43 Å². The van der Waals surface area contributed by atoms with Crippen LogP contribution in [-0.2, 0) is 5.33 Å². The van der Waals surface area contributed by atoms with Crippen LogP contribution in [0.4, 0.5) is 8.78 Å². The minimum Gasteiger partial charge on any atom is -0.296 e. The third kappa shape index (κ3) is 2.15. The summed E-state index contributed by atoms with van der Waals surface area (Å²) in [7, 11) is 0. The van der Waals surface area contributed by atoms with Crippen molar-refractivity contribution in [1.29, 1.82) is 0 Å². The first kappa shape index (κ1) is 11.2. The number of aromatic nitrogens is 1. The molecule has 0 aromatic carbocycles. The van der Waals surface area contributed by atoms with Crippen molar-refractivity contribution >= 4 is 22.2 Å². The van der Waals surface area contributed by atoms with Gasteiger partial charge in [0.1, 0.15) is 11.4 Å². The smallest absolute Gasteiger partial charge is 0.280 e. The van der Waals surface area contributed by atoms with E-state index in [0.29, 0.717) is 22.7 Å². The fraction of sp³-hybridized carbons (Fsp3) is 0.333. The zero-order chi connectivity index (χ0) is 10.7.